The van der Waals surface area contributed by atoms with Crippen LogP contribution in [0.2, 0.25) is 0 Å². The normalized spacial score (nSPS) is 16.4. The van der Waals surface area contributed by atoms with Gasteiger partial charge in [-0.2, -0.15) is 0 Å². The van der Waals surface area contributed by atoms with Gasteiger partial charge in [-0.15, -0.1) is 0 Å². The lowest BCUT2D eigenvalue weighted by Gasteiger charge is -2.20. The highest BCUT2D eigenvalue weighted by Gasteiger charge is 2.19. The van der Waals surface area contributed by atoms with Gasteiger partial charge in [-0.1, -0.05) is 30.3 Å². The predicted molar refractivity (Wildman–Crippen MR) is 109 cm³/mol. The third-order valence-electron chi connectivity index (χ3n) is 5.03. The second-order valence-corrected chi connectivity index (χ2v) is 7.04. The molecule has 1 aromatic heterocycles. The number of amides is 1. The van der Waals surface area contributed by atoms with Gasteiger partial charge in [0.15, 0.2) is 0 Å². The average molecular weight is 360 g/mol. The molecule has 1 unspecified atom stereocenters. The molecule has 2 aromatic carbocycles. The van der Waals surface area contributed by atoms with Gasteiger partial charge in [-0.25, -0.2) is 0 Å². The molecule has 5 heteroatoms. The summed E-state index contributed by atoms with van der Waals surface area (Å²) in [6, 6.07) is 18.3. The minimum atomic E-state index is -0.0170. The molecule has 0 bridgehead atoms. The smallest absolute Gasteiger partial charge is 0.256 e. The van der Waals surface area contributed by atoms with Crippen LogP contribution in [0.4, 0.5) is 5.69 Å². The van der Waals surface area contributed by atoms with Gasteiger partial charge >= 0.3 is 0 Å². The minimum absolute atomic E-state index is 0.0170. The number of benzene rings is 2. The largest absolute Gasteiger partial charge is 0.380 e. The highest BCUT2D eigenvalue weighted by Crippen LogP contribution is 2.27. The van der Waals surface area contributed by atoms with Crippen molar-refractivity contribution in [3.8, 4) is 0 Å². The van der Waals surface area contributed by atoms with Crippen molar-refractivity contribution < 1.29 is 4.79 Å². The summed E-state index contributed by atoms with van der Waals surface area (Å²) in [6.07, 6.45) is 2.85. The molecule has 1 atom stereocenters. The lowest BCUT2D eigenvalue weighted by Crippen LogP contribution is -2.27. The summed E-state index contributed by atoms with van der Waals surface area (Å²) >= 11 is 0. The van der Waals surface area contributed by atoms with Gasteiger partial charge < -0.3 is 15.5 Å². The molecule has 2 heterocycles. The second-order valence-electron chi connectivity index (χ2n) is 7.04. The van der Waals surface area contributed by atoms with Crippen molar-refractivity contribution >= 4 is 22.5 Å². The van der Waals surface area contributed by atoms with Crippen LogP contribution in [0.1, 0.15) is 22.3 Å². The van der Waals surface area contributed by atoms with Crippen molar-refractivity contribution in [2.24, 2.45) is 0 Å². The molecule has 1 amide bonds. The SMILES string of the molecule is CN(Cc1ccccc1)C(=O)c1ccc(NC2CCNC2)c2cccnc12. The fraction of sp³-hybridized carbons (Fsp3) is 0.273. The second kappa shape index (κ2) is 7.76. The summed E-state index contributed by atoms with van der Waals surface area (Å²) in [6.45, 7) is 2.57. The number of pyridine rings is 1. The van der Waals surface area contributed by atoms with Gasteiger partial charge in [-0.3, -0.25) is 9.78 Å². The third kappa shape index (κ3) is 3.78. The molecule has 3 aromatic rings. The number of nitrogens with zero attached hydrogens (tertiary/aromatic N) is 2. The first-order valence-electron chi connectivity index (χ1n) is 9.37. The highest BCUT2D eigenvalue weighted by atomic mass is 16.2. The van der Waals surface area contributed by atoms with Crippen LogP contribution in [-0.2, 0) is 6.54 Å². The Bertz CT molecular complexity index is 935. The summed E-state index contributed by atoms with van der Waals surface area (Å²) in [5.41, 5.74) is 3.53. The summed E-state index contributed by atoms with van der Waals surface area (Å²) in [7, 11) is 1.83. The Kier molecular flexibility index (Phi) is 5.03. The van der Waals surface area contributed by atoms with Gasteiger partial charge in [0, 0.05) is 43.4 Å². The molecule has 1 saturated heterocycles. The van der Waals surface area contributed by atoms with Gasteiger partial charge in [-0.05, 0) is 42.8 Å². The molecule has 0 saturated carbocycles. The van der Waals surface area contributed by atoms with E-state index in [0.29, 0.717) is 18.2 Å². The monoisotopic (exact) mass is 360 g/mol. The number of aromatic nitrogens is 1. The number of anilines is 1. The van der Waals surface area contributed by atoms with Crippen LogP contribution in [0, 0.1) is 0 Å². The fourth-order valence-corrected chi connectivity index (χ4v) is 3.60. The predicted octanol–water partition coefficient (Wildman–Crippen LogP) is 3.28. The molecule has 1 fully saturated rings. The number of carbonyl (C=O) groups excluding carboxylic acids is 1. The number of rotatable bonds is 5. The molecule has 1 aliphatic rings. The van der Waals surface area contributed by atoms with Gasteiger partial charge in [0.1, 0.15) is 0 Å². The quantitative estimate of drug-likeness (QED) is 0.733. The Morgan fingerprint density at radius 1 is 1.19 bits per heavy atom. The zero-order chi connectivity index (χ0) is 18.6. The van der Waals surface area contributed by atoms with E-state index < -0.39 is 0 Å². The van der Waals surface area contributed by atoms with Crippen molar-refractivity contribution in [3.63, 3.8) is 0 Å². The highest BCUT2D eigenvalue weighted by molar-refractivity contribution is 6.08. The van der Waals surface area contributed by atoms with E-state index in [-0.39, 0.29) is 5.91 Å². The van der Waals surface area contributed by atoms with E-state index in [1.807, 2.05) is 61.6 Å². The zero-order valence-electron chi connectivity index (χ0n) is 15.5. The molecule has 1 aliphatic heterocycles. The van der Waals surface area contributed by atoms with E-state index in [4.69, 9.17) is 0 Å². The molecule has 0 radical (unpaired) electrons. The summed E-state index contributed by atoms with van der Waals surface area (Å²) < 4.78 is 0. The standard InChI is InChI=1S/C22H24N4O/c1-26(15-16-6-3-2-4-7-16)22(27)19-9-10-20(25-17-11-13-23-14-17)18-8-5-12-24-21(18)19/h2-10,12,17,23,25H,11,13-15H2,1H3. The molecule has 5 nitrogen and oxygen atoms in total. The molecule has 0 aliphatic carbocycles. The van der Waals surface area contributed by atoms with E-state index in [9.17, 15) is 4.79 Å². The van der Waals surface area contributed by atoms with E-state index in [1.165, 1.54) is 0 Å². The van der Waals surface area contributed by atoms with Gasteiger partial charge in [0.2, 0.25) is 0 Å². The summed E-state index contributed by atoms with van der Waals surface area (Å²) in [5, 5.41) is 7.95. The first-order chi connectivity index (χ1) is 13.2. The Morgan fingerprint density at radius 2 is 2.04 bits per heavy atom. The maximum atomic E-state index is 13.1. The lowest BCUT2D eigenvalue weighted by atomic mass is 10.1. The Hall–Kier alpha value is -2.92. The van der Waals surface area contributed by atoms with Crippen molar-refractivity contribution in [1.82, 2.24) is 15.2 Å². The van der Waals surface area contributed by atoms with Crippen LogP contribution in [0.15, 0.2) is 60.8 Å². The van der Waals surface area contributed by atoms with Gasteiger partial charge in [0.25, 0.3) is 5.91 Å². The van der Waals surface area contributed by atoms with E-state index in [2.05, 4.69) is 15.6 Å². The Labute approximate surface area is 159 Å². The van der Waals surface area contributed by atoms with Crippen LogP contribution < -0.4 is 10.6 Å². The van der Waals surface area contributed by atoms with Crippen LogP contribution in [-0.4, -0.2) is 42.0 Å². The maximum absolute atomic E-state index is 13.1. The Morgan fingerprint density at radius 3 is 2.81 bits per heavy atom. The number of hydrogen-bond acceptors (Lipinski definition) is 4. The van der Waals surface area contributed by atoms with E-state index in [1.54, 1.807) is 11.1 Å². The molecule has 2 N–H and O–H groups in total. The molecule has 138 valence electrons. The molecular formula is C22H24N4O. The van der Waals surface area contributed by atoms with Crippen LogP contribution in [0.3, 0.4) is 0 Å². The van der Waals surface area contributed by atoms with Crippen molar-refractivity contribution in [3.05, 3.63) is 71.9 Å². The average Bonchev–Trinajstić information content (AvgIpc) is 3.22. The van der Waals surface area contributed by atoms with Crippen molar-refractivity contribution in [1.29, 1.82) is 0 Å². The number of hydrogen-bond donors (Lipinski definition) is 2. The molecule has 4 rings (SSSR count). The first-order valence-corrected chi connectivity index (χ1v) is 9.37. The van der Waals surface area contributed by atoms with Crippen molar-refractivity contribution in [2.75, 3.05) is 25.5 Å². The number of nitrogens with one attached hydrogen (secondary N) is 2. The van der Waals surface area contributed by atoms with Crippen molar-refractivity contribution in [2.45, 2.75) is 19.0 Å². The minimum Gasteiger partial charge on any atom is -0.380 e. The van der Waals surface area contributed by atoms with Crippen LogP contribution in [0.25, 0.3) is 10.9 Å². The van der Waals surface area contributed by atoms with E-state index in [0.717, 1.165) is 41.7 Å². The molecular weight excluding hydrogens is 336 g/mol. The maximum Gasteiger partial charge on any atom is 0.256 e. The van der Waals surface area contributed by atoms with Gasteiger partial charge in [0.05, 0.1) is 11.1 Å². The van der Waals surface area contributed by atoms with Crippen LogP contribution >= 0.6 is 0 Å². The number of fused-ring (bicyclic) bond motifs is 1. The first kappa shape index (κ1) is 17.5. The van der Waals surface area contributed by atoms with E-state index >= 15 is 0 Å². The lowest BCUT2D eigenvalue weighted by molar-refractivity contribution is 0.0787. The topological polar surface area (TPSA) is 57.3 Å². The molecule has 27 heavy (non-hydrogen) atoms. The molecule has 0 spiro atoms. The number of carbonyl (C=O) groups is 1. The van der Waals surface area contributed by atoms with Crippen LogP contribution in [0.5, 0.6) is 0 Å². The zero-order valence-corrected chi connectivity index (χ0v) is 15.5. The Balaban J connectivity index is 1.62. The summed E-state index contributed by atoms with van der Waals surface area (Å²) in [5.74, 6) is -0.0170. The summed E-state index contributed by atoms with van der Waals surface area (Å²) in [4.78, 5) is 19.3. The third-order valence-corrected chi connectivity index (χ3v) is 5.03. The fourth-order valence-electron chi connectivity index (χ4n) is 3.60.